The molecule has 1 aliphatic rings. The second-order valence-corrected chi connectivity index (χ2v) is 7.43. The lowest BCUT2D eigenvalue weighted by Crippen LogP contribution is -2.35. The molecule has 1 N–H and O–H groups in total. The summed E-state index contributed by atoms with van der Waals surface area (Å²) in [6, 6.07) is 16.3. The molecular weight excluding hydrogens is 350 g/mol. The molecule has 1 saturated heterocycles. The largest absolute Gasteiger partial charge is 0.497 e. The molecule has 0 saturated carbocycles. The third kappa shape index (κ3) is 4.03. The Morgan fingerprint density at radius 3 is 2.75 bits per heavy atom. The van der Waals surface area contributed by atoms with E-state index in [9.17, 15) is 4.79 Å². The van der Waals surface area contributed by atoms with E-state index in [2.05, 4.69) is 27.0 Å². The fourth-order valence-electron chi connectivity index (χ4n) is 4.07. The van der Waals surface area contributed by atoms with E-state index in [1.807, 2.05) is 36.4 Å². The summed E-state index contributed by atoms with van der Waals surface area (Å²) in [5.74, 6) is 1.94. The van der Waals surface area contributed by atoms with Gasteiger partial charge in [0.25, 0.3) is 0 Å². The van der Waals surface area contributed by atoms with Gasteiger partial charge in [0.05, 0.1) is 24.2 Å². The third-order valence-corrected chi connectivity index (χ3v) is 5.59. The van der Waals surface area contributed by atoms with Gasteiger partial charge in [0.2, 0.25) is 5.91 Å². The molecule has 1 fully saturated rings. The maximum atomic E-state index is 13.1. The highest BCUT2D eigenvalue weighted by atomic mass is 16.5. The number of nitrogens with one attached hydrogen (secondary N) is 1. The number of aromatic amines is 1. The van der Waals surface area contributed by atoms with Gasteiger partial charge in [-0.05, 0) is 42.7 Å². The van der Waals surface area contributed by atoms with Crippen LogP contribution in [0, 0.1) is 0 Å². The number of aromatic nitrogens is 2. The summed E-state index contributed by atoms with van der Waals surface area (Å²) in [6.07, 6.45) is 5.54. The number of aryl methyl sites for hydroxylation is 1. The van der Waals surface area contributed by atoms with Gasteiger partial charge in [-0.2, -0.15) is 0 Å². The second kappa shape index (κ2) is 8.46. The summed E-state index contributed by atoms with van der Waals surface area (Å²) >= 11 is 0. The maximum absolute atomic E-state index is 13.1. The molecule has 0 aliphatic carbocycles. The quantitative estimate of drug-likeness (QED) is 0.704. The van der Waals surface area contributed by atoms with E-state index in [0.717, 1.165) is 48.4 Å². The van der Waals surface area contributed by atoms with E-state index in [1.54, 1.807) is 7.11 Å². The van der Waals surface area contributed by atoms with Crippen LogP contribution in [0.5, 0.6) is 5.75 Å². The van der Waals surface area contributed by atoms with Crippen LogP contribution in [0.2, 0.25) is 0 Å². The van der Waals surface area contributed by atoms with Gasteiger partial charge >= 0.3 is 0 Å². The molecule has 28 heavy (non-hydrogen) atoms. The van der Waals surface area contributed by atoms with Crippen molar-refractivity contribution in [2.75, 3.05) is 13.7 Å². The molecule has 5 nitrogen and oxygen atoms in total. The van der Waals surface area contributed by atoms with Gasteiger partial charge in [-0.1, -0.05) is 37.1 Å². The Labute approximate surface area is 165 Å². The van der Waals surface area contributed by atoms with Crippen LogP contribution in [0.25, 0.3) is 11.0 Å². The molecule has 2 heterocycles. The Kier molecular flexibility index (Phi) is 5.60. The van der Waals surface area contributed by atoms with Crippen LogP contribution in [0.1, 0.15) is 49.5 Å². The van der Waals surface area contributed by atoms with E-state index in [1.165, 1.54) is 12.0 Å². The minimum Gasteiger partial charge on any atom is -0.497 e. The van der Waals surface area contributed by atoms with Gasteiger partial charge in [-0.25, -0.2) is 4.98 Å². The van der Waals surface area contributed by atoms with E-state index in [4.69, 9.17) is 4.74 Å². The number of likely N-dealkylation sites (tertiary alicyclic amines) is 1. The number of hydrogen-bond donors (Lipinski definition) is 1. The first kappa shape index (κ1) is 18.5. The van der Waals surface area contributed by atoms with Crippen LogP contribution in [0.3, 0.4) is 0 Å². The summed E-state index contributed by atoms with van der Waals surface area (Å²) in [5.41, 5.74) is 3.17. The number of carbonyl (C=O) groups is 1. The topological polar surface area (TPSA) is 58.2 Å². The van der Waals surface area contributed by atoms with Gasteiger partial charge in [0.1, 0.15) is 11.6 Å². The lowest BCUT2D eigenvalue weighted by Gasteiger charge is -2.30. The molecule has 4 rings (SSSR count). The highest BCUT2D eigenvalue weighted by Gasteiger charge is 2.26. The molecule has 1 atom stereocenters. The average molecular weight is 377 g/mol. The number of amides is 1. The number of fused-ring (bicyclic) bond motifs is 1. The molecule has 5 heteroatoms. The van der Waals surface area contributed by atoms with Crippen LogP contribution in [-0.4, -0.2) is 34.4 Å². The Bertz CT molecular complexity index is 899. The van der Waals surface area contributed by atoms with Crippen LogP contribution in [-0.2, 0) is 11.2 Å². The number of methoxy groups -OCH3 is 1. The molecule has 1 amide bonds. The minimum atomic E-state index is 0.150. The van der Waals surface area contributed by atoms with Gasteiger partial charge in [0, 0.05) is 19.4 Å². The molecular formula is C23H27N3O2. The zero-order valence-corrected chi connectivity index (χ0v) is 16.4. The van der Waals surface area contributed by atoms with E-state index in [-0.39, 0.29) is 11.9 Å². The summed E-state index contributed by atoms with van der Waals surface area (Å²) in [6.45, 7) is 0.829. The van der Waals surface area contributed by atoms with Crippen LogP contribution in [0.15, 0.2) is 48.5 Å². The number of H-pyrrole nitrogens is 1. The molecule has 1 aliphatic heterocycles. The number of carbonyl (C=O) groups excluding carboxylic acids is 1. The minimum absolute atomic E-state index is 0.150. The maximum Gasteiger partial charge on any atom is 0.223 e. The molecule has 2 aromatic carbocycles. The van der Waals surface area contributed by atoms with E-state index >= 15 is 0 Å². The molecule has 0 bridgehead atoms. The zero-order chi connectivity index (χ0) is 19.3. The van der Waals surface area contributed by atoms with Gasteiger partial charge < -0.3 is 14.6 Å². The fraction of sp³-hybridized carbons (Fsp3) is 0.391. The SMILES string of the molecule is COc1ccc([C@H]2CCCCCN2C(=O)CCc2nc3ccccc3[nH]2)cc1. The lowest BCUT2D eigenvalue weighted by molar-refractivity contribution is -0.133. The number of nitrogens with zero attached hydrogens (tertiary/aromatic N) is 2. The first-order chi connectivity index (χ1) is 13.7. The molecule has 1 aromatic heterocycles. The predicted molar refractivity (Wildman–Crippen MR) is 110 cm³/mol. The van der Waals surface area contributed by atoms with Gasteiger partial charge in [-0.15, -0.1) is 0 Å². The fourth-order valence-corrected chi connectivity index (χ4v) is 4.07. The van der Waals surface area contributed by atoms with Crippen molar-refractivity contribution < 1.29 is 9.53 Å². The highest BCUT2D eigenvalue weighted by molar-refractivity contribution is 5.78. The summed E-state index contributed by atoms with van der Waals surface area (Å²) < 4.78 is 5.28. The van der Waals surface area contributed by atoms with Crippen molar-refractivity contribution in [1.29, 1.82) is 0 Å². The number of ether oxygens (including phenoxy) is 1. The average Bonchev–Trinajstić information content (AvgIpc) is 2.99. The van der Waals surface area contributed by atoms with Gasteiger partial charge in [0.15, 0.2) is 0 Å². The predicted octanol–water partition coefficient (Wildman–Crippen LogP) is 4.65. The second-order valence-electron chi connectivity index (χ2n) is 7.43. The van der Waals surface area contributed by atoms with E-state index < -0.39 is 0 Å². The number of benzene rings is 2. The third-order valence-electron chi connectivity index (χ3n) is 5.59. The number of hydrogen-bond acceptors (Lipinski definition) is 3. The van der Waals surface area contributed by atoms with Crippen molar-refractivity contribution in [3.05, 3.63) is 59.9 Å². The van der Waals surface area contributed by atoms with E-state index in [0.29, 0.717) is 12.8 Å². The Morgan fingerprint density at radius 1 is 1.14 bits per heavy atom. The van der Waals surface area contributed by atoms with Crippen molar-refractivity contribution in [2.24, 2.45) is 0 Å². The standard InChI is InChI=1S/C23H27N3O2/c1-28-18-12-10-17(11-13-18)21-9-3-2-6-16-26(21)23(27)15-14-22-24-19-7-4-5-8-20(19)25-22/h4-5,7-8,10-13,21H,2-3,6,9,14-16H2,1H3,(H,24,25)/t21-/m1/s1. The molecule has 3 aromatic rings. The lowest BCUT2D eigenvalue weighted by atomic mass is 10.00. The molecule has 0 spiro atoms. The Hall–Kier alpha value is -2.82. The van der Waals surface area contributed by atoms with Crippen molar-refractivity contribution in [3.8, 4) is 5.75 Å². The molecule has 146 valence electrons. The first-order valence-corrected chi connectivity index (χ1v) is 10.1. The normalized spacial score (nSPS) is 17.5. The van der Waals surface area contributed by atoms with Crippen LogP contribution < -0.4 is 4.74 Å². The summed E-state index contributed by atoms with van der Waals surface area (Å²) in [4.78, 5) is 23.1. The van der Waals surface area contributed by atoms with Gasteiger partial charge in [-0.3, -0.25) is 4.79 Å². The smallest absolute Gasteiger partial charge is 0.223 e. The zero-order valence-electron chi connectivity index (χ0n) is 16.4. The summed E-state index contributed by atoms with van der Waals surface area (Å²) in [5, 5.41) is 0. The van der Waals surface area contributed by atoms with Crippen molar-refractivity contribution in [1.82, 2.24) is 14.9 Å². The first-order valence-electron chi connectivity index (χ1n) is 10.1. The Morgan fingerprint density at radius 2 is 1.96 bits per heavy atom. The van der Waals surface area contributed by atoms with Crippen LogP contribution >= 0.6 is 0 Å². The van der Waals surface area contributed by atoms with Crippen molar-refractivity contribution in [3.63, 3.8) is 0 Å². The van der Waals surface area contributed by atoms with Crippen LogP contribution in [0.4, 0.5) is 0 Å². The Balaban J connectivity index is 1.47. The number of para-hydroxylation sites is 2. The molecule has 0 unspecified atom stereocenters. The van der Waals surface area contributed by atoms with Crippen molar-refractivity contribution in [2.45, 2.75) is 44.6 Å². The van der Waals surface area contributed by atoms with Crippen molar-refractivity contribution >= 4 is 16.9 Å². The number of rotatable bonds is 5. The number of imidazole rings is 1. The molecule has 0 radical (unpaired) electrons. The monoisotopic (exact) mass is 377 g/mol. The highest BCUT2D eigenvalue weighted by Crippen LogP contribution is 2.31. The summed E-state index contributed by atoms with van der Waals surface area (Å²) in [7, 11) is 1.68.